The van der Waals surface area contributed by atoms with Gasteiger partial charge in [0.1, 0.15) is 0 Å². The molecule has 0 atom stereocenters. The average Bonchev–Trinajstić information content (AvgIpc) is 4.18. The molecule has 11 aromatic carbocycles. The van der Waals surface area contributed by atoms with E-state index in [0.29, 0.717) is 0 Å². The van der Waals surface area contributed by atoms with Crippen LogP contribution in [0.2, 0.25) is 0 Å². The summed E-state index contributed by atoms with van der Waals surface area (Å²) in [7, 11) is 0. The number of fused-ring (bicyclic) bond motifs is 4. The van der Waals surface area contributed by atoms with Gasteiger partial charge in [-0.25, -0.2) is 0 Å². The van der Waals surface area contributed by atoms with Crippen LogP contribution in [0.5, 0.6) is 0 Å². The number of rotatable bonds is 13. The van der Waals surface area contributed by atoms with Gasteiger partial charge in [-0.1, -0.05) is 226 Å². The first kappa shape index (κ1) is 47.7. The third-order valence-corrected chi connectivity index (χ3v) is 15.3. The highest BCUT2D eigenvalue weighted by molar-refractivity contribution is 6.08. The number of anilines is 6. The van der Waals surface area contributed by atoms with Gasteiger partial charge in [-0.3, -0.25) is 0 Å². The van der Waals surface area contributed by atoms with Crippen LogP contribution in [-0.2, 0) is 5.41 Å². The van der Waals surface area contributed by atoms with Gasteiger partial charge in [-0.2, -0.15) is 0 Å². The molecule has 372 valence electrons. The van der Waals surface area contributed by atoms with Crippen molar-refractivity contribution in [3.05, 3.63) is 318 Å². The van der Waals surface area contributed by atoms with Crippen molar-refractivity contribution in [3.63, 3.8) is 0 Å². The second-order valence-corrected chi connectivity index (χ2v) is 20.6. The van der Waals surface area contributed by atoms with Crippen LogP contribution in [0.4, 0.5) is 34.1 Å². The molecule has 0 N–H and O–H groups in total. The number of hydrogen-bond acceptors (Lipinski definition) is 2. The Morgan fingerprint density at radius 1 is 0.321 bits per heavy atom. The normalized spacial score (nSPS) is 12.5. The Kier molecular flexibility index (Phi) is 12.6. The summed E-state index contributed by atoms with van der Waals surface area (Å²) in [6, 6.07) is 103. The van der Waals surface area contributed by atoms with E-state index in [1.165, 1.54) is 61.1 Å². The number of nitrogens with zero attached hydrogens (tertiary/aromatic N) is 3. The Morgan fingerprint density at radius 2 is 0.679 bits per heavy atom. The average molecular weight is 1000 g/mol. The lowest BCUT2D eigenvalue weighted by Crippen LogP contribution is -2.15. The molecule has 1 aliphatic carbocycles. The molecule has 0 aliphatic heterocycles. The summed E-state index contributed by atoms with van der Waals surface area (Å²) in [6.07, 6.45) is 8.90. The smallest absolute Gasteiger partial charge is 0.0619 e. The van der Waals surface area contributed by atoms with Crippen molar-refractivity contribution in [1.82, 2.24) is 4.57 Å². The molecule has 13 rings (SSSR count). The molecule has 3 nitrogen and oxygen atoms in total. The van der Waals surface area contributed by atoms with Crippen LogP contribution in [0, 0.1) is 0 Å². The van der Waals surface area contributed by atoms with E-state index >= 15 is 0 Å². The van der Waals surface area contributed by atoms with Crippen molar-refractivity contribution in [2.75, 3.05) is 9.80 Å². The highest BCUT2D eigenvalue weighted by Crippen LogP contribution is 2.53. The maximum Gasteiger partial charge on any atom is 0.0619 e. The van der Waals surface area contributed by atoms with Gasteiger partial charge >= 0.3 is 0 Å². The van der Waals surface area contributed by atoms with Gasteiger partial charge in [0.15, 0.2) is 0 Å². The van der Waals surface area contributed by atoms with E-state index in [9.17, 15) is 0 Å². The van der Waals surface area contributed by atoms with Crippen LogP contribution < -0.4 is 9.80 Å². The summed E-state index contributed by atoms with van der Waals surface area (Å²) in [5, 5.41) is 1.23. The molecule has 0 bridgehead atoms. The minimum Gasteiger partial charge on any atom is -0.311 e. The van der Waals surface area contributed by atoms with Crippen LogP contribution in [0.1, 0.15) is 47.2 Å². The Hall–Kier alpha value is -9.96. The lowest BCUT2D eigenvalue weighted by atomic mass is 9.81. The molecule has 78 heavy (non-hydrogen) atoms. The van der Waals surface area contributed by atoms with Gasteiger partial charge in [-0.15, -0.1) is 0 Å². The first-order chi connectivity index (χ1) is 38.4. The maximum atomic E-state index is 2.50. The lowest BCUT2D eigenvalue weighted by molar-refractivity contribution is 0.661. The summed E-state index contributed by atoms with van der Waals surface area (Å²) >= 11 is 0. The predicted molar refractivity (Wildman–Crippen MR) is 332 cm³/mol. The SMILES string of the molecule is CC1(C)c2cc(C=Cc3ccc(N(c4ccccc4)c4ccccc4)cc3)ccc2-c2cc3c(-c4ccccc4)c(-c4ccccc4)n(-c4ccc(C=Cc5ccc(N(c6ccccc6)c6ccccc6)cc5)cc4)c3cc21. The minimum absolute atomic E-state index is 0.244. The lowest BCUT2D eigenvalue weighted by Gasteiger charge is -2.25. The fourth-order valence-corrected chi connectivity index (χ4v) is 11.5. The molecule has 0 unspecified atom stereocenters. The fourth-order valence-electron chi connectivity index (χ4n) is 11.5. The number of para-hydroxylation sites is 4. The van der Waals surface area contributed by atoms with Crippen LogP contribution in [0.15, 0.2) is 285 Å². The zero-order valence-electron chi connectivity index (χ0n) is 43.8. The zero-order valence-corrected chi connectivity index (χ0v) is 43.8. The van der Waals surface area contributed by atoms with Crippen LogP contribution >= 0.6 is 0 Å². The van der Waals surface area contributed by atoms with Crippen LogP contribution in [0.25, 0.3) is 74.4 Å². The molecule has 0 radical (unpaired) electrons. The van der Waals surface area contributed by atoms with Gasteiger partial charge in [0, 0.05) is 56.2 Å². The summed E-state index contributed by atoms with van der Waals surface area (Å²) in [6.45, 7) is 4.78. The van der Waals surface area contributed by atoms with Gasteiger partial charge < -0.3 is 14.4 Å². The fraction of sp³-hybridized carbons (Fsp3) is 0.0400. The molecule has 3 heteroatoms. The first-order valence-electron chi connectivity index (χ1n) is 26.9. The Labute approximate surface area is 458 Å². The van der Waals surface area contributed by atoms with E-state index in [4.69, 9.17) is 0 Å². The quantitative estimate of drug-likeness (QED) is 0.107. The van der Waals surface area contributed by atoms with Crippen LogP contribution in [-0.4, -0.2) is 4.57 Å². The standard InChI is InChI=1S/C75H57N3/c1-75(2)70-51-57(36-35-56-39-46-65(47-40-56)77(62-29-17-7-18-30-62)63-31-19-8-20-32-63)43-50-67(70)68-52-69-72(53-71(68)75)78(74(59-23-11-4-12-24-59)73(69)58-21-9-3-10-22-58)66-48-41-55(42-49-66)34-33-54-37-44-64(45-38-54)76(60-25-13-5-14-26-60)61-27-15-6-16-28-61/h3-53H,1-2H3. The van der Waals surface area contributed by atoms with E-state index in [1.807, 2.05) is 0 Å². The van der Waals surface area contributed by atoms with Crippen molar-refractivity contribution in [2.45, 2.75) is 19.3 Å². The number of benzene rings is 11. The van der Waals surface area contributed by atoms with E-state index in [1.54, 1.807) is 0 Å². The summed E-state index contributed by atoms with van der Waals surface area (Å²) in [5.74, 6) is 0. The largest absolute Gasteiger partial charge is 0.311 e. The summed E-state index contributed by atoms with van der Waals surface area (Å²) in [5.41, 5.74) is 23.5. The molecule has 1 aromatic heterocycles. The van der Waals surface area contributed by atoms with E-state index in [-0.39, 0.29) is 5.41 Å². The third-order valence-electron chi connectivity index (χ3n) is 15.3. The Morgan fingerprint density at radius 3 is 1.13 bits per heavy atom. The Bertz CT molecular complexity index is 4010. The molecule has 0 amide bonds. The maximum absolute atomic E-state index is 2.50. The number of aromatic nitrogens is 1. The predicted octanol–water partition coefficient (Wildman–Crippen LogP) is 20.6. The minimum atomic E-state index is -0.244. The van der Waals surface area contributed by atoms with E-state index in [0.717, 1.165) is 56.5 Å². The number of hydrogen-bond donors (Lipinski definition) is 0. The van der Waals surface area contributed by atoms with Gasteiger partial charge in [0.25, 0.3) is 0 Å². The second-order valence-electron chi connectivity index (χ2n) is 20.6. The molecule has 0 spiro atoms. The first-order valence-corrected chi connectivity index (χ1v) is 26.9. The molecule has 0 saturated heterocycles. The third kappa shape index (κ3) is 9.12. The molecule has 12 aromatic rings. The van der Waals surface area contributed by atoms with Crippen molar-refractivity contribution in [3.8, 4) is 39.2 Å². The monoisotopic (exact) mass is 999 g/mol. The highest BCUT2D eigenvalue weighted by atomic mass is 15.1. The van der Waals surface area contributed by atoms with Crippen molar-refractivity contribution in [2.24, 2.45) is 0 Å². The molecule has 0 fully saturated rings. The van der Waals surface area contributed by atoms with E-state index in [2.05, 4.69) is 338 Å². The second kappa shape index (κ2) is 20.6. The van der Waals surface area contributed by atoms with Crippen molar-refractivity contribution < 1.29 is 0 Å². The van der Waals surface area contributed by atoms with Crippen molar-refractivity contribution in [1.29, 1.82) is 0 Å². The molecular formula is C75H57N3. The summed E-state index contributed by atoms with van der Waals surface area (Å²) in [4.78, 5) is 4.59. The van der Waals surface area contributed by atoms with Crippen molar-refractivity contribution >= 4 is 69.3 Å². The van der Waals surface area contributed by atoms with Crippen LogP contribution in [0.3, 0.4) is 0 Å². The van der Waals surface area contributed by atoms with Gasteiger partial charge in [0.05, 0.1) is 11.2 Å². The van der Waals surface area contributed by atoms with Gasteiger partial charge in [-0.05, 0) is 153 Å². The van der Waals surface area contributed by atoms with Gasteiger partial charge in [0.2, 0.25) is 0 Å². The highest BCUT2D eigenvalue weighted by Gasteiger charge is 2.37. The zero-order chi connectivity index (χ0) is 52.4. The van der Waals surface area contributed by atoms with E-state index < -0.39 is 0 Å². The Balaban J connectivity index is 0.836. The summed E-state index contributed by atoms with van der Waals surface area (Å²) < 4.78 is 2.50. The molecule has 0 saturated carbocycles. The topological polar surface area (TPSA) is 11.4 Å². The molecular weight excluding hydrogens is 943 g/mol. The molecule has 1 heterocycles. The molecule has 1 aliphatic rings.